The first-order valence-corrected chi connectivity index (χ1v) is 11.9. The highest BCUT2D eigenvalue weighted by molar-refractivity contribution is 7.89. The van der Waals surface area contributed by atoms with Crippen molar-refractivity contribution in [1.82, 2.24) is 9.62 Å². The van der Waals surface area contributed by atoms with Crippen LogP contribution in [0.15, 0.2) is 53.4 Å². The van der Waals surface area contributed by atoms with Crippen molar-refractivity contribution < 1.29 is 18.0 Å². The van der Waals surface area contributed by atoms with Gasteiger partial charge in [-0.05, 0) is 63.4 Å². The van der Waals surface area contributed by atoms with E-state index in [0.717, 1.165) is 11.1 Å². The summed E-state index contributed by atoms with van der Waals surface area (Å²) in [5.74, 6) is -0.837. The number of benzene rings is 2. The lowest BCUT2D eigenvalue weighted by atomic mass is 9.97. The Kier molecular flexibility index (Phi) is 7.12. The highest BCUT2D eigenvalue weighted by Crippen LogP contribution is 2.24. The molecule has 0 saturated carbocycles. The zero-order valence-electron chi connectivity index (χ0n) is 18.1. The maximum atomic E-state index is 12.8. The highest BCUT2D eigenvalue weighted by Gasteiger charge is 2.32. The van der Waals surface area contributed by atoms with Crippen molar-refractivity contribution in [3.63, 3.8) is 0 Å². The Balaban J connectivity index is 1.52. The molecule has 1 fully saturated rings. The fourth-order valence-electron chi connectivity index (χ4n) is 3.59. The Morgan fingerprint density at radius 1 is 1.00 bits per heavy atom. The molecule has 1 atom stereocenters. The molecule has 8 heteroatoms. The fraction of sp³-hybridized carbons (Fsp3) is 0.391. The van der Waals surface area contributed by atoms with Gasteiger partial charge in [-0.25, -0.2) is 8.42 Å². The van der Waals surface area contributed by atoms with Crippen LogP contribution in [-0.2, 0) is 19.6 Å². The first kappa shape index (κ1) is 23.0. The van der Waals surface area contributed by atoms with Crippen molar-refractivity contribution in [3.8, 4) is 0 Å². The van der Waals surface area contributed by atoms with Crippen LogP contribution < -0.4 is 10.6 Å². The number of hydrogen-bond donors (Lipinski definition) is 2. The van der Waals surface area contributed by atoms with E-state index in [2.05, 4.69) is 10.6 Å². The van der Waals surface area contributed by atoms with Crippen LogP contribution in [0.3, 0.4) is 0 Å². The quantitative estimate of drug-likeness (QED) is 0.718. The molecule has 0 aromatic heterocycles. The summed E-state index contributed by atoms with van der Waals surface area (Å²) in [4.78, 5) is 25.3. The molecule has 3 rings (SSSR count). The number of piperidine rings is 1. The number of anilines is 1. The van der Waals surface area contributed by atoms with E-state index in [-0.39, 0.29) is 35.7 Å². The summed E-state index contributed by atoms with van der Waals surface area (Å²) < 4.78 is 27.1. The van der Waals surface area contributed by atoms with Gasteiger partial charge in [0.2, 0.25) is 21.8 Å². The summed E-state index contributed by atoms with van der Waals surface area (Å²) in [6, 6.07) is 13.5. The largest absolute Gasteiger partial charge is 0.344 e. The molecule has 7 nitrogen and oxygen atoms in total. The molecule has 2 aromatic carbocycles. The molecular weight excluding hydrogens is 414 g/mol. The van der Waals surface area contributed by atoms with Crippen molar-refractivity contribution in [3.05, 3.63) is 59.7 Å². The van der Waals surface area contributed by atoms with Gasteiger partial charge in [-0.3, -0.25) is 9.59 Å². The van der Waals surface area contributed by atoms with Gasteiger partial charge in [0.25, 0.3) is 0 Å². The SMILES string of the molecule is Cc1ccc(S(=O)(=O)N2CCC(C(=O)N[C@@H](C)C(=O)Nc3cccc(C)c3)CC2)cc1. The van der Waals surface area contributed by atoms with E-state index in [1.54, 1.807) is 37.3 Å². The topological polar surface area (TPSA) is 95.6 Å². The number of carbonyl (C=O) groups excluding carboxylic acids is 2. The molecule has 1 heterocycles. The zero-order valence-corrected chi connectivity index (χ0v) is 18.9. The van der Waals surface area contributed by atoms with Crippen molar-refractivity contribution in [2.45, 2.75) is 44.6 Å². The number of sulfonamides is 1. The number of hydrogen-bond acceptors (Lipinski definition) is 4. The van der Waals surface area contributed by atoms with Gasteiger partial charge in [0.05, 0.1) is 4.90 Å². The lowest BCUT2D eigenvalue weighted by Gasteiger charge is -2.31. The summed E-state index contributed by atoms with van der Waals surface area (Å²) in [7, 11) is -3.57. The molecule has 0 aliphatic carbocycles. The minimum absolute atomic E-state index is 0.223. The molecular formula is C23H29N3O4S. The third-order valence-corrected chi connectivity index (χ3v) is 7.43. The molecule has 166 valence electrons. The number of amides is 2. The summed E-state index contributed by atoms with van der Waals surface area (Å²) >= 11 is 0. The molecule has 2 N–H and O–H groups in total. The van der Waals surface area contributed by atoms with Crippen LogP contribution in [0.4, 0.5) is 5.69 Å². The maximum absolute atomic E-state index is 12.8. The van der Waals surface area contributed by atoms with Crippen molar-refractivity contribution in [1.29, 1.82) is 0 Å². The van der Waals surface area contributed by atoms with Crippen molar-refractivity contribution in [2.24, 2.45) is 5.92 Å². The summed E-state index contributed by atoms with van der Waals surface area (Å²) in [5.41, 5.74) is 2.71. The van der Waals surface area contributed by atoms with Crippen molar-refractivity contribution in [2.75, 3.05) is 18.4 Å². The molecule has 31 heavy (non-hydrogen) atoms. The summed E-state index contributed by atoms with van der Waals surface area (Å²) in [6.07, 6.45) is 0.840. The van der Waals surface area contributed by atoms with Gasteiger partial charge >= 0.3 is 0 Å². The summed E-state index contributed by atoms with van der Waals surface area (Å²) in [6.45, 7) is 6.03. The van der Waals surface area contributed by atoms with E-state index in [9.17, 15) is 18.0 Å². The fourth-order valence-corrected chi connectivity index (χ4v) is 5.06. The average Bonchev–Trinajstić information content (AvgIpc) is 2.74. The maximum Gasteiger partial charge on any atom is 0.246 e. The normalized spacial score (nSPS) is 16.5. The van der Waals surface area contributed by atoms with E-state index in [4.69, 9.17) is 0 Å². The van der Waals surface area contributed by atoms with Crippen LogP contribution in [-0.4, -0.2) is 43.7 Å². The van der Waals surface area contributed by atoms with Gasteiger partial charge in [-0.2, -0.15) is 4.31 Å². The lowest BCUT2D eigenvalue weighted by Crippen LogP contribution is -2.47. The smallest absolute Gasteiger partial charge is 0.246 e. The number of aryl methyl sites for hydroxylation is 2. The average molecular weight is 444 g/mol. The predicted molar refractivity (Wildman–Crippen MR) is 120 cm³/mol. The zero-order chi connectivity index (χ0) is 22.6. The lowest BCUT2D eigenvalue weighted by molar-refractivity contribution is -0.129. The second kappa shape index (κ2) is 9.62. The number of rotatable bonds is 6. The van der Waals surface area contributed by atoms with Gasteiger partial charge < -0.3 is 10.6 Å². The Bertz CT molecular complexity index is 1040. The third-order valence-electron chi connectivity index (χ3n) is 5.52. The highest BCUT2D eigenvalue weighted by atomic mass is 32.2. The van der Waals surface area contributed by atoms with Crippen LogP contribution in [0, 0.1) is 19.8 Å². The molecule has 0 bridgehead atoms. The first-order valence-electron chi connectivity index (χ1n) is 10.4. The standard InChI is InChI=1S/C23H29N3O4S/c1-16-7-9-21(10-8-16)31(29,30)26-13-11-19(12-14-26)23(28)24-18(3)22(27)25-20-6-4-5-17(2)15-20/h4-10,15,18-19H,11-14H2,1-3H3,(H,24,28)(H,25,27)/t18-/m0/s1. The minimum Gasteiger partial charge on any atom is -0.344 e. The van der Waals surface area contributed by atoms with Crippen molar-refractivity contribution >= 4 is 27.5 Å². The van der Waals surface area contributed by atoms with Gasteiger partial charge in [-0.1, -0.05) is 29.8 Å². The second-order valence-electron chi connectivity index (χ2n) is 8.08. The van der Waals surface area contributed by atoms with Crippen LogP contribution in [0.1, 0.15) is 30.9 Å². The Morgan fingerprint density at radius 2 is 1.65 bits per heavy atom. The minimum atomic E-state index is -3.57. The number of nitrogens with one attached hydrogen (secondary N) is 2. The second-order valence-corrected chi connectivity index (χ2v) is 10.0. The molecule has 0 radical (unpaired) electrons. The molecule has 2 aromatic rings. The number of nitrogens with zero attached hydrogens (tertiary/aromatic N) is 1. The number of carbonyl (C=O) groups is 2. The Labute approximate surface area is 183 Å². The summed E-state index contributed by atoms with van der Waals surface area (Å²) in [5, 5.41) is 5.56. The van der Waals surface area contributed by atoms with E-state index < -0.39 is 16.1 Å². The molecule has 1 aliphatic heterocycles. The molecule has 1 saturated heterocycles. The Hall–Kier alpha value is -2.71. The van der Waals surface area contributed by atoms with E-state index in [1.165, 1.54) is 4.31 Å². The van der Waals surface area contributed by atoms with Gasteiger partial charge in [0.1, 0.15) is 6.04 Å². The van der Waals surface area contributed by atoms with Gasteiger partial charge in [-0.15, -0.1) is 0 Å². The van der Waals surface area contributed by atoms with E-state index in [1.807, 2.05) is 32.0 Å². The third kappa shape index (κ3) is 5.71. The molecule has 0 unspecified atom stereocenters. The van der Waals surface area contributed by atoms with Crippen LogP contribution >= 0.6 is 0 Å². The van der Waals surface area contributed by atoms with Gasteiger partial charge in [0, 0.05) is 24.7 Å². The molecule has 0 spiro atoms. The van der Waals surface area contributed by atoms with Crippen LogP contribution in [0.25, 0.3) is 0 Å². The van der Waals surface area contributed by atoms with Gasteiger partial charge in [0.15, 0.2) is 0 Å². The Morgan fingerprint density at radius 3 is 2.26 bits per heavy atom. The van der Waals surface area contributed by atoms with E-state index in [0.29, 0.717) is 18.5 Å². The first-order chi connectivity index (χ1) is 14.7. The van der Waals surface area contributed by atoms with Crippen LogP contribution in [0.5, 0.6) is 0 Å². The van der Waals surface area contributed by atoms with E-state index >= 15 is 0 Å². The molecule has 2 amide bonds. The predicted octanol–water partition coefficient (Wildman–Crippen LogP) is 2.85. The van der Waals surface area contributed by atoms with Crippen LogP contribution in [0.2, 0.25) is 0 Å². The molecule has 1 aliphatic rings. The monoisotopic (exact) mass is 443 g/mol.